The number of Topliss-reactive ketones (excluding diaryl/α,β-unsaturated/α-hetero) is 1. The summed E-state index contributed by atoms with van der Waals surface area (Å²) in [6.07, 6.45) is -0.298. The van der Waals surface area contributed by atoms with Crippen LogP contribution in [-0.2, 0) is 16.0 Å². The Morgan fingerprint density at radius 3 is 2.63 bits per heavy atom. The van der Waals surface area contributed by atoms with Crippen molar-refractivity contribution in [1.82, 2.24) is 0 Å². The summed E-state index contributed by atoms with van der Waals surface area (Å²) in [5.41, 5.74) is -2.85. The predicted molar refractivity (Wildman–Crippen MR) is 69.2 cm³/mol. The highest BCUT2D eigenvalue weighted by molar-refractivity contribution is 6.31. The number of ketones is 1. The smallest absolute Gasteiger partial charge is 0.353 e. The van der Waals surface area contributed by atoms with Crippen LogP contribution in [0.15, 0.2) is 18.2 Å². The maximum absolute atomic E-state index is 14.7. The van der Waals surface area contributed by atoms with E-state index < -0.39 is 23.0 Å². The zero-order valence-corrected chi connectivity index (χ0v) is 11.7. The molecule has 0 radical (unpaired) electrons. The van der Waals surface area contributed by atoms with Crippen molar-refractivity contribution in [3.8, 4) is 0 Å². The Morgan fingerprint density at radius 2 is 2.05 bits per heavy atom. The van der Waals surface area contributed by atoms with Gasteiger partial charge in [-0.25, -0.2) is 9.18 Å². The van der Waals surface area contributed by atoms with Gasteiger partial charge in [-0.05, 0) is 38.5 Å². The number of ether oxygens (including phenoxy) is 1. The third-order valence-electron chi connectivity index (χ3n) is 2.83. The number of fused-ring (bicyclic) bond motifs is 1. The average molecular weight is 285 g/mol. The Morgan fingerprint density at radius 1 is 1.42 bits per heavy atom. The predicted octanol–water partition coefficient (Wildman–Crippen LogP) is 3.13. The van der Waals surface area contributed by atoms with Gasteiger partial charge in [0.15, 0.2) is 0 Å². The van der Waals surface area contributed by atoms with E-state index in [9.17, 15) is 14.0 Å². The fraction of sp³-hybridized carbons (Fsp3) is 0.429. The van der Waals surface area contributed by atoms with Gasteiger partial charge in [0.25, 0.3) is 5.67 Å². The molecule has 1 aliphatic rings. The second-order valence-corrected chi connectivity index (χ2v) is 6.05. The van der Waals surface area contributed by atoms with Gasteiger partial charge in [0.05, 0.1) is 0 Å². The van der Waals surface area contributed by atoms with Gasteiger partial charge in [-0.2, -0.15) is 0 Å². The highest BCUT2D eigenvalue weighted by atomic mass is 35.5. The molecule has 0 bridgehead atoms. The first-order chi connectivity index (χ1) is 8.63. The monoisotopic (exact) mass is 284 g/mol. The second-order valence-electron chi connectivity index (χ2n) is 5.61. The minimum absolute atomic E-state index is 0.154. The van der Waals surface area contributed by atoms with Crippen molar-refractivity contribution < 1.29 is 18.7 Å². The quantitative estimate of drug-likeness (QED) is 0.588. The number of hydrogen-bond donors (Lipinski definition) is 0. The van der Waals surface area contributed by atoms with Crippen molar-refractivity contribution in [3.63, 3.8) is 0 Å². The van der Waals surface area contributed by atoms with E-state index in [1.54, 1.807) is 32.9 Å². The van der Waals surface area contributed by atoms with Crippen molar-refractivity contribution in [3.05, 3.63) is 34.3 Å². The van der Waals surface area contributed by atoms with Crippen LogP contribution in [0.1, 0.15) is 36.7 Å². The van der Waals surface area contributed by atoms with Gasteiger partial charge in [0, 0.05) is 17.0 Å². The van der Waals surface area contributed by atoms with E-state index in [1.165, 1.54) is 6.07 Å². The molecule has 3 nitrogen and oxygen atoms in total. The average Bonchev–Trinajstić information content (AvgIpc) is 2.51. The maximum Gasteiger partial charge on any atom is 0.353 e. The summed E-state index contributed by atoms with van der Waals surface area (Å²) in [4.78, 5) is 24.0. The van der Waals surface area contributed by atoms with E-state index in [2.05, 4.69) is 0 Å². The molecule has 1 aliphatic carbocycles. The largest absolute Gasteiger partial charge is 0.457 e. The number of benzene rings is 1. The number of carbonyl (C=O) groups excluding carboxylic acids is 2. The number of halogens is 2. The lowest BCUT2D eigenvalue weighted by Gasteiger charge is -2.24. The Kier molecular flexibility index (Phi) is 3.17. The zero-order valence-electron chi connectivity index (χ0n) is 10.9. The summed E-state index contributed by atoms with van der Waals surface area (Å²) in [7, 11) is 0. The van der Waals surface area contributed by atoms with Gasteiger partial charge in [0.1, 0.15) is 5.60 Å². The van der Waals surface area contributed by atoms with Gasteiger partial charge >= 0.3 is 5.97 Å². The molecule has 2 rings (SSSR count). The van der Waals surface area contributed by atoms with Crippen LogP contribution in [0.4, 0.5) is 4.39 Å². The van der Waals surface area contributed by atoms with Crippen molar-refractivity contribution in [1.29, 1.82) is 0 Å². The van der Waals surface area contributed by atoms with Crippen LogP contribution >= 0.6 is 11.6 Å². The van der Waals surface area contributed by atoms with Crippen LogP contribution in [0.3, 0.4) is 0 Å². The van der Waals surface area contributed by atoms with E-state index in [0.29, 0.717) is 10.6 Å². The summed E-state index contributed by atoms with van der Waals surface area (Å²) >= 11 is 5.78. The molecular weight excluding hydrogens is 271 g/mol. The third-order valence-corrected chi connectivity index (χ3v) is 3.07. The first-order valence-electron chi connectivity index (χ1n) is 5.89. The van der Waals surface area contributed by atoms with E-state index in [0.717, 1.165) is 0 Å². The maximum atomic E-state index is 14.7. The van der Waals surface area contributed by atoms with Crippen LogP contribution in [0.25, 0.3) is 0 Å². The minimum atomic E-state index is -2.64. The Hall–Kier alpha value is -1.42. The van der Waals surface area contributed by atoms with Crippen molar-refractivity contribution >= 4 is 23.4 Å². The Bertz CT molecular complexity index is 562. The molecule has 0 saturated heterocycles. The van der Waals surface area contributed by atoms with Gasteiger partial charge in [-0.3, -0.25) is 4.79 Å². The molecule has 102 valence electrons. The lowest BCUT2D eigenvalue weighted by molar-refractivity contribution is -0.165. The molecule has 0 amide bonds. The number of alkyl halides is 1. The summed E-state index contributed by atoms with van der Waals surface area (Å²) in [6.45, 7) is 4.87. The second kappa shape index (κ2) is 4.30. The van der Waals surface area contributed by atoms with Crippen LogP contribution in [0.5, 0.6) is 0 Å². The highest BCUT2D eigenvalue weighted by Crippen LogP contribution is 2.36. The first-order valence-corrected chi connectivity index (χ1v) is 6.27. The van der Waals surface area contributed by atoms with Crippen LogP contribution < -0.4 is 0 Å². The van der Waals surface area contributed by atoms with Crippen molar-refractivity contribution in [2.24, 2.45) is 0 Å². The molecule has 0 fully saturated rings. The molecule has 5 heteroatoms. The van der Waals surface area contributed by atoms with Gasteiger partial charge in [0.2, 0.25) is 5.78 Å². The molecule has 0 heterocycles. The van der Waals surface area contributed by atoms with Crippen LogP contribution in [-0.4, -0.2) is 23.0 Å². The lowest BCUT2D eigenvalue weighted by atomic mass is 10.0. The molecule has 1 aromatic carbocycles. The minimum Gasteiger partial charge on any atom is -0.457 e. The fourth-order valence-electron chi connectivity index (χ4n) is 1.99. The molecule has 0 aliphatic heterocycles. The molecular formula is C14H14ClFO3. The molecule has 19 heavy (non-hydrogen) atoms. The van der Waals surface area contributed by atoms with Crippen LogP contribution in [0, 0.1) is 0 Å². The Labute approximate surface area is 115 Å². The molecule has 1 unspecified atom stereocenters. The third kappa shape index (κ3) is 2.50. The molecule has 0 saturated carbocycles. The summed E-state index contributed by atoms with van der Waals surface area (Å²) < 4.78 is 19.7. The molecule has 1 atom stereocenters. The summed E-state index contributed by atoms with van der Waals surface area (Å²) in [6, 6.07) is 4.50. The fourth-order valence-corrected chi connectivity index (χ4v) is 2.17. The van der Waals surface area contributed by atoms with E-state index in [4.69, 9.17) is 16.3 Å². The van der Waals surface area contributed by atoms with Gasteiger partial charge in [-0.15, -0.1) is 0 Å². The standard InChI is InChI=1S/C14H14ClFO3/c1-13(2,3)19-12(18)14(16)7-8-4-5-9(15)6-10(8)11(14)17/h4-6H,7H2,1-3H3. The van der Waals surface area contributed by atoms with Crippen molar-refractivity contribution in [2.45, 2.75) is 38.5 Å². The Balaban J connectivity index is 2.34. The number of carbonyl (C=O) groups is 2. The highest BCUT2D eigenvalue weighted by Gasteiger charge is 2.54. The number of esters is 1. The van der Waals surface area contributed by atoms with E-state index in [1.807, 2.05) is 0 Å². The SMILES string of the molecule is CC(C)(C)OC(=O)C1(F)Cc2ccc(Cl)cc2C1=O. The molecule has 0 spiro atoms. The van der Waals surface area contributed by atoms with E-state index >= 15 is 0 Å². The van der Waals surface area contributed by atoms with Gasteiger partial charge < -0.3 is 4.74 Å². The zero-order chi connectivity index (χ0) is 14.4. The summed E-state index contributed by atoms with van der Waals surface area (Å²) in [5.74, 6) is -2.02. The number of rotatable bonds is 1. The van der Waals surface area contributed by atoms with Crippen LogP contribution in [0.2, 0.25) is 5.02 Å². The first kappa shape index (κ1) is 14.0. The summed E-state index contributed by atoms with van der Waals surface area (Å²) in [5, 5.41) is 0.334. The lowest BCUT2D eigenvalue weighted by Crippen LogP contribution is -2.44. The topological polar surface area (TPSA) is 43.4 Å². The van der Waals surface area contributed by atoms with Gasteiger partial charge in [-0.1, -0.05) is 17.7 Å². The molecule has 0 aromatic heterocycles. The molecule has 1 aromatic rings. The van der Waals surface area contributed by atoms with E-state index in [-0.39, 0.29) is 12.0 Å². The number of hydrogen-bond acceptors (Lipinski definition) is 3. The van der Waals surface area contributed by atoms with Crippen molar-refractivity contribution in [2.75, 3.05) is 0 Å². The normalized spacial score (nSPS) is 22.3. The molecule has 0 N–H and O–H groups in total.